The monoisotopic (exact) mass is 530 g/mol. The van der Waals surface area contributed by atoms with Gasteiger partial charge in [0.05, 0.1) is 22.3 Å². The van der Waals surface area contributed by atoms with Crippen LogP contribution in [0.1, 0.15) is 32.3 Å². The van der Waals surface area contributed by atoms with E-state index in [0.717, 1.165) is 5.39 Å². The molecule has 1 amide bonds. The van der Waals surface area contributed by atoms with Gasteiger partial charge in [0.25, 0.3) is 0 Å². The van der Waals surface area contributed by atoms with Gasteiger partial charge in [0.1, 0.15) is 28.0 Å². The van der Waals surface area contributed by atoms with E-state index >= 15 is 8.78 Å². The van der Waals surface area contributed by atoms with Crippen LogP contribution in [0.3, 0.4) is 0 Å². The molecule has 3 heterocycles. The summed E-state index contributed by atoms with van der Waals surface area (Å²) in [6.07, 6.45) is 0.148. The third kappa shape index (κ3) is 4.24. The Bertz CT molecular complexity index is 1480. The SMILES string of the molecule is C[C@H]1c2c(cc(F)c(-c3cccc4cc[nH]c34)c2F)NC(C)(C)[C@@H]1OC(=O)Nc1cc(Cl)nc(Cl)c1. The van der Waals surface area contributed by atoms with Crippen LogP contribution in [-0.4, -0.2) is 27.7 Å². The van der Waals surface area contributed by atoms with Crippen molar-refractivity contribution in [3.63, 3.8) is 0 Å². The number of benzene rings is 2. The highest BCUT2D eigenvalue weighted by Crippen LogP contribution is 2.46. The number of H-pyrrole nitrogens is 1. The molecule has 6 nitrogen and oxygen atoms in total. The predicted molar refractivity (Wildman–Crippen MR) is 138 cm³/mol. The zero-order valence-corrected chi connectivity index (χ0v) is 21.1. The Morgan fingerprint density at radius 2 is 1.86 bits per heavy atom. The van der Waals surface area contributed by atoms with E-state index in [1.807, 2.05) is 12.1 Å². The fourth-order valence-electron chi connectivity index (χ4n) is 4.97. The first-order valence-corrected chi connectivity index (χ1v) is 12.0. The number of hydrogen-bond donors (Lipinski definition) is 3. The van der Waals surface area contributed by atoms with Crippen molar-refractivity contribution in [2.75, 3.05) is 10.6 Å². The number of amides is 1. The lowest BCUT2D eigenvalue weighted by Crippen LogP contribution is -2.52. The number of ether oxygens (including phenoxy) is 1. The maximum absolute atomic E-state index is 16.1. The van der Waals surface area contributed by atoms with E-state index in [9.17, 15) is 4.79 Å². The molecule has 186 valence electrons. The minimum absolute atomic E-state index is 0.105. The highest BCUT2D eigenvalue weighted by Gasteiger charge is 2.45. The maximum Gasteiger partial charge on any atom is 0.412 e. The van der Waals surface area contributed by atoms with Crippen molar-refractivity contribution < 1.29 is 18.3 Å². The largest absolute Gasteiger partial charge is 0.443 e. The Labute approximate surface area is 216 Å². The van der Waals surface area contributed by atoms with Crippen LogP contribution in [0.25, 0.3) is 22.0 Å². The normalized spacial score (nSPS) is 18.4. The molecule has 10 heteroatoms. The number of fused-ring (bicyclic) bond motifs is 2. The molecule has 0 spiro atoms. The van der Waals surface area contributed by atoms with Crippen LogP contribution in [0.4, 0.5) is 25.0 Å². The average Bonchev–Trinajstić information content (AvgIpc) is 3.25. The molecule has 2 atom stereocenters. The molecule has 4 aromatic rings. The lowest BCUT2D eigenvalue weighted by molar-refractivity contribution is 0.0561. The van der Waals surface area contributed by atoms with Gasteiger partial charge in [0.15, 0.2) is 0 Å². The van der Waals surface area contributed by atoms with Gasteiger partial charge in [-0.3, -0.25) is 5.32 Å². The summed E-state index contributed by atoms with van der Waals surface area (Å²) in [7, 11) is 0. The van der Waals surface area contributed by atoms with Gasteiger partial charge in [0.2, 0.25) is 0 Å². The van der Waals surface area contributed by atoms with Gasteiger partial charge in [-0.2, -0.15) is 0 Å². The number of carbonyl (C=O) groups excluding carboxylic acids is 1. The van der Waals surface area contributed by atoms with Crippen molar-refractivity contribution in [2.45, 2.75) is 38.3 Å². The zero-order chi connectivity index (χ0) is 25.8. The van der Waals surface area contributed by atoms with Crippen molar-refractivity contribution in [1.82, 2.24) is 9.97 Å². The number of hydrogen-bond acceptors (Lipinski definition) is 4. The summed E-state index contributed by atoms with van der Waals surface area (Å²) >= 11 is 11.8. The Balaban J connectivity index is 1.51. The minimum atomic E-state index is -0.836. The number of nitrogens with zero attached hydrogens (tertiary/aromatic N) is 1. The molecule has 0 saturated heterocycles. The van der Waals surface area contributed by atoms with Gasteiger partial charge in [-0.15, -0.1) is 0 Å². The van der Waals surface area contributed by atoms with Gasteiger partial charge >= 0.3 is 6.09 Å². The summed E-state index contributed by atoms with van der Waals surface area (Å²) in [5.41, 5.74) is 0.924. The molecule has 0 aliphatic carbocycles. The second-order valence-corrected chi connectivity index (χ2v) is 10.1. The lowest BCUT2D eigenvalue weighted by atomic mass is 9.77. The molecule has 2 aromatic heterocycles. The van der Waals surface area contributed by atoms with Gasteiger partial charge in [-0.25, -0.2) is 18.6 Å². The second kappa shape index (κ2) is 8.94. The number of para-hydroxylation sites is 1. The maximum atomic E-state index is 16.1. The number of rotatable bonds is 3. The summed E-state index contributed by atoms with van der Waals surface area (Å²) in [4.78, 5) is 19.7. The fraction of sp³-hybridized carbons (Fsp3) is 0.231. The summed E-state index contributed by atoms with van der Waals surface area (Å²) in [5.74, 6) is -1.99. The third-order valence-corrected chi connectivity index (χ3v) is 6.82. The van der Waals surface area contributed by atoms with Crippen LogP contribution in [0.15, 0.2) is 48.7 Å². The molecule has 1 aliphatic heterocycles. The molecular weight excluding hydrogens is 509 g/mol. The van der Waals surface area contributed by atoms with Crippen LogP contribution < -0.4 is 10.6 Å². The summed E-state index contributed by atoms with van der Waals surface area (Å²) in [5, 5.41) is 6.78. The van der Waals surface area contributed by atoms with E-state index in [2.05, 4.69) is 20.6 Å². The highest BCUT2D eigenvalue weighted by atomic mass is 35.5. The summed E-state index contributed by atoms with van der Waals surface area (Å²) in [6, 6.07) is 11.3. The quantitative estimate of drug-likeness (QED) is 0.236. The Hall–Kier alpha value is -3.36. The van der Waals surface area contributed by atoms with E-state index in [-0.39, 0.29) is 21.4 Å². The molecule has 0 unspecified atom stereocenters. The van der Waals surface area contributed by atoms with Crippen LogP contribution in [-0.2, 0) is 4.74 Å². The highest BCUT2D eigenvalue weighted by molar-refractivity contribution is 6.32. The Morgan fingerprint density at radius 3 is 2.58 bits per heavy atom. The van der Waals surface area contributed by atoms with E-state index in [0.29, 0.717) is 22.5 Å². The molecule has 5 rings (SSSR count). The third-order valence-electron chi connectivity index (χ3n) is 6.43. The molecule has 36 heavy (non-hydrogen) atoms. The van der Waals surface area contributed by atoms with Crippen LogP contribution in [0.2, 0.25) is 10.3 Å². The number of anilines is 2. The number of aromatic amines is 1. The van der Waals surface area contributed by atoms with Crippen LogP contribution >= 0.6 is 23.2 Å². The molecular formula is C26H22Cl2F2N4O2. The van der Waals surface area contributed by atoms with Crippen molar-refractivity contribution in [1.29, 1.82) is 0 Å². The Morgan fingerprint density at radius 1 is 1.14 bits per heavy atom. The van der Waals surface area contributed by atoms with Gasteiger partial charge < -0.3 is 15.0 Å². The first-order valence-electron chi connectivity index (χ1n) is 11.2. The molecule has 0 radical (unpaired) electrons. The van der Waals surface area contributed by atoms with Crippen molar-refractivity contribution in [3.8, 4) is 11.1 Å². The molecule has 1 aliphatic rings. The number of pyridine rings is 1. The second-order valence-electron chi connectivity index (χ2n) is 9.34. The van der Waals surface area contributed by atoms with E-state index in [4.69, 9.17) is 27.9 Å². The predicted octanol–water partition coefficient (Wildman–Crippen LogP) is 7.74. The molecule has 0 fully saturated rings. The number of halogens is 4. The molecule has 0 saturated carbocycles. The van der Waals surface area contributed by atoms with Crippen molar-refractivity contribution in [2.24, 2.45) is 0 Å². The molecule has 3 N–H and O–H groups in total. The zero-order valence-electron chi connectivity index (χ0n) is 19.5. The van der Waals surface area contributed by atoms with E-state index in [1.54, 1.807) is 39.1 Å². The first-order chi connectivity index (χ1) is 17.0. The van der Waals surface area contributed by atoms with Gasteiger partial charge in [-0.05, 0) is 43.5 Å². The van der Waals surface area contributed by atoms with Gasteiger partial charge in [0, 0.05) is 28.9 Å². The summed E-state index contributed by atoms with van der Waals surface area (Å²) in [6.45, 7) is 5.35. The average molecular weight is 531 g/mol. The van der Waals surface area contributed by atoms with Crippen LogP contribution in [0, 0.1) is 11.6 Å². The van der Waals surface area contributed by atoms with Gasteiger partial charge in [-0.1, -0.05) is 48.3 Å². The summed E-state index contributed by atoms with van der Waals surface area (Å²) < 4.78 is 37.2. The first kappa shape index (κ1) is 24.3. The van der Waals surface area contributed by atoms with E-state index in [1.165, 1.54) is 18.2 Å². The molecule has 2 aromatic carbocycles. The Kier molecular flexibility index (Phi) is 6.04. The lowest BCUT2D eigenvalue weighted by Gasteiger charge is -2.44. The van der Waals surface area contributed by atoms with E-state index < -0.39 is 35.3 Å². The molecule has 0 bridgehead atoms. The minimum Gasteiger partial charge on any atom is -0.443 e. The van der Waals surface area contributed by atoms with Crippen molar-refractivity contribution >= 4 is 51.6 Å². The topological polar surface area (TPSA) is 79.0 Å². The number of carbonyl (C=O) groups is 1. The van der Waals surface area contributed by atoms with Crippen LogP contribution in [0.5, 0.6) is 0 Å². The van der Waals surface area contributed by atoms with Crippen molar-refractivity contribution in [3.05, 3.63) is 76.2 Å². The fourth-order valence-corrected chi connectivity index (χ4v) is 5.43. The number of aromatic nitrogens is 2. The standard InChI is InChI=1S/C26H22Cl2F2N4O2/c1-12-20-17(11-16(29)21(22(20)30)15-6-4-5-13-7-8-31-23(13)15)34-26(2,3)24(12)36-25(35)32-14-9-18(27)33-19(28)10-14/h4-12,24,31,34H,1-3H3,(H,32,33,35)/t12-,24+/m0/s1. The number of nitrogens with one attached hydrogen (secondary N) is 3. The smallest absolute Gasteiger partial charge is 0.412 e.